The third kappa shape index (κ3) is 12.8. The molecule has 3 heterocycles. The Balaban J connectivity index is 0.000000362. The first kappa shape index (κ1) is 30.7. The van der Waals surface area contributed by atoms with Crippen molar-refractivity contribution >= 4 is 11.9 Å². The van der Waals surface area contributed by atoms with Crippen LogP contribution in [0.5, 0.6) is 0 Å². The van der Waals surface area contributed by atoms with E-state index < -0.39 is 24.3 Å². The van der Waals surface area contributed by atoms with Crippen molar-refractivity contribution in [1.82, 2.24) is 9.80 Å². The Morgan fingerprint density at radius 3 is 1.89 bits per heavy atom. The van der Waals surface area contributed by atoms with Gasteiger partial charge in [0.25, 0.3) is 0 Å². The van der Waals surface area contributed by atoms with Gasteiger partial charge in [0.15, 0.2) is 0 Å². The van der Waals surface area contributed by atoms with Gasteiger partial charge in [-0.05, 0) is 63.9 Å². The molecule has 3 rings (SSSR count). The first-order chi connectivity index (χ1) is 16.2. The highest BCUT2D eigenvalue weighted by molar-refractivity contribution is 5.73. The second-order valence-corrected chi connectivity index (χ2v) is 8.19. The van der Waals surface area contributed by atoms with E-state index in [1.54, 1.807) is 6.26 Å². The average molecular weight is 520 g/mol. The van der Waals surface area contributed by atoms with Crippen molar-refractivity contribution in [2.24, 2.45) is 5.92 Å². The highest BCUT2D eigenvalue weighted by atomic mass is 19.4. The maximum atomic E-state index is 10.6. The highest BCUT2D eigenvalue weighted by Crippen LogP contribution is 2.22. The number of hydrogen-bond acceptors (Lipinski definition) is 6. The van der Waals surface area contributed by atoms with Crippen molar-refractivity contribution in [3.63, 3.8) is 0 Å². The molecule has 0 atom stereocenters. The number of ether oxygens (including phenoxy) is 1. The maximum absolute atomic E-state index is 10.6. The van der Waals surface area contributed by atoms with Crippen LogP contribution in [0.15, 0.2) is 22.8 Å². The molecule has 1 aromatic heterocycles. The van der Waals surface area contributed by atoms with Gasteiger partial charge < -0.3 is 24.3 Å². The summed E-state index contributed by atoms with van der Waals surface area (Å²) in [4.78, 5) is 22.9. The average Bonchev–Trinajstić information content (AvgIpc) is 3.28. The zero-order chi connectivity index (χ0) is 26.6. The number of carboxylic acid groups (broad SMARTS) is 2. The minimum absolute atomic E-state index is 0.736. The molecule has 2 saturated heterocycles. The molecule has 0 bridgehead atoms. The fourth-order valence-electron chi connectivity index (χ4n) is 3.63. The lowest BCUT2D eigenvalue weighted by atomic mass is 9.95. The quantitative estimate of drug-likeness (QED) is 0.565. The van der Waals surface area contributed by atoms with Gasteiger partial charge >= 0.3 is 24.3 Å². The summed E-state index contributed by atoms with van der Waals surface area (Å²) in [6.07, 6.45) is -3.37. The minimum Gasteiger partial charge on any atom is -0.475 e. The maximum Gasteiger partial charge on any atom is 0.490 e. The van der Waals surface area contributed by atoms with Crippen molar-refractivity contribution < 1.29 is 55.3 Å². The van der Waals surface area contributed by atoms with Crippen LogP contribution in [0, 0.1) is 5.92 Å². The van der Waals surface area contributed by atoms with Crippen LogP contribution in [0.3, 0.4) is 0 Å². The molecule has 0 spiro atoms. The summed E-state index contributed by atoms with van der Waals surface area (Å²) in [6, 6.07) is 4.79. The predicted molar refractivity (Wildman–Crippen MR) is 111 cm³/mol. The Labute approximate surface area is 198 Å². The predicted octanol–water partition coefficient (Wildman–Crippen LogP) is 3.87. The fraction of sp³-hybridized carbons (Fsp3) is 0.714. The topological polar surface area (TPSA) is 103 Å². The lowest BCUT2D eigenvalue weighted by molar-refractivity contribution is -0.193. The van der Waals surface area contributed by atoms with E-state index in [1.165, 1.54) is 45.3 Å². The van der Waals surface area contributed by atoms with Crippen LogP contribution >= 0.6 is 0 Å². The van der Waals surface area contributed by atoms with E-state index in [4.69, 9.17) is 29.0 Å². The third-order valence-electron chi connectivity index (χ3n) is 5.51. The van der Waals surface area contributed by atoms with Crippen molar-refractivity contribution in [2.45, 2.75) is 50.6 Å². The molecule has 1 aromatic rings. The summed E-state index contributed by atoms with van der Waals surface area (Å²) < 4.78 is 74.4. The van der Waals surface area contributed by atoms with Crippen LogP contribution in [0.4, 0.5) is 26.3 Å². The van der Waals surface area contributed by atoms with Gasteiger partial charge in [-0.15, -0.1) is 0 Å². The molecule has 0 aliphatic carbocycles. The molecule has 2 aliphatic rings. The summed E-state index contributed by atoms with van der Waals surface area (Å²) in [6.45, 7) is 6.50. The molecular formula is C21H30F6N2O6. The number of carboxylic acids is 2. The first-order valence-corrected chi connectivity index (χ1v) is 10.8. The van der Waals surface area contributed by atoms with E-state index in [2.05, 4.69) is 22.9 Å². The van der Waals surface area contributed by atoms with E-state index in [9.17, 15) is 26.3 Å². The Morgan fingerprint density at radius 1 is 1.00 bits per heavy atom. The van der Waals surface area contributed by atoms with Crippen molar-refractivity contribution in [1.29, 1.82) is 0 Å². The van der Waals surface area contributed by atoms with Gasteiger partial charge in [0.05, 0.1) is 12.8 Å². The summed E-state index contributed by atoms with van der Waals surface area (Å²) in [5.74, 6) is -3.57. The molecule has 202 valence electrons. The van der Waals surface area contributed by atoms with Crippen LogP contribution in [-0.2, 0) is 20.9 Å². The van der Waals surface area contributed by atoms with E-state index >= 15 is 0 Å². The largest absolute Gasteiger partial charge is 0.490 e. The monoisotopic (exact) mass is 520 g/mol. The normalized spacial score (nSPS) is 18.3. The number of piperidine rings is 1. The molecule has 2 aliphatic heterocycles. The number of aliphatic carboxylic acids is 2. The Bertz CT molecular complexity index is 718. The van der Waals surface area contributed by atoms with Crippen molar-refractivity contribution in [3.05, 3.63) is 24.2 Å². The molecule has 14 heteroatoms. The van der Waals surface area contributed by atoms with Gasteiger partial charge in [-0.25, -0.2) is 9.59 Å². The smallest absolute Gasteiger partial charge is 0.475 e. The van der Waals surface area contributed by atoms with Gasteiger partial charge in [-0.2, -0.15) is 26.3 Å². The zero-order valence-corrected chi connectivity index (χ0v) is 19.1. The Kier molecular flexibility index (Phi) is 12.5. The zero-order valence-electron chi connectivity index (χ0n) is 19.1. The first-order valence-electron chi connectivity index (χ1n) is 10.8. The molecule has 0 unspecified atom stereocenters. The number of carbonyl (C=O) groups is 2. The summed E-state index contributed by atoms with van der Waals surface area (Å²) in [5, 5.41) is 14.2. The number of nitrogens with zero attached hydrogens (tertiary/aromatic N) is 2. The summed E-state index contributed by atoms with van der Waals surface area (Å²) in [7, 11) is 2.30. The van der Waals surface area contributed by atoms with Gasteiger partial charge in [0.2, 0.25) is 0 Å². The van der Waals surface area contributed by atoms with Gasteiger partial charge in [0, 0.05) is 25.8 Å². The number of halogens is 6. The lowest BCUT2D eigenvalue weighted by Crippen LogP contribution is -2.42. The molecular weight excluding hydrogens is 490 g/mol. The summed E-state index contributed by atoms with van der Waals surface area (Å²) >= 11 is 0. The molecule has 0 saturated carbocycles. The highest BCUT2D eigenvalue weighted by Gasteiger charge is 2.38. The van der Waals surface area contributed by atoms with Gasteiger partial charge in [0.1, 0.15) is 5.76 Å². The van der Waals surface area contributed by atoms with Gasteiger partial charge in [-0.1, -0.05) is 0 Å². The van der Waals surface area contributed by atoms with E-state index in [0.717, 1.165) is 37.5 Å². The lowest BCUT2D eigenvalue weighted by Gasteiger charge is -2.37. The van der Waals surface area contributed by atoms with Crippen LogP contribution in [0.2, 0.25) is 0 Å². The number of rotatable bonds is 5. The number of furan rings is 1. The van der Waals surface area contributed by atoms with E-state index in [-0.39, 0.29) is 0 Å². The van der Waals surface area contributed by atoms with Gasteiger partial charge in [-0.3, -0.25) is 4.90 Å². The molecule has 8 nitrogen and oxygen atoms in total. The van der Waals surface area contributed by atoms with Crippen molar-refractivity contribution in [2.75, 3.05) is 39.9 Å². The molecule has 0 aromatic carbocycles. The number of likely N-dealkylation sites (tertiary alicyclic amines) is 1. The third-order valence-corrected chi connectivity index (χ3v) is 5.51. The molecule has 2 N–H and O–H groups in total. The van der Waals surface area contributed by atoms with Crippen LogP contribution in [0.1, 0.15) is 31.4 Å². The molecule has 0 radical (unpaired) electrons. The number of alkyl halides is 6. The fourth-order valence-corrected chi connectivity index (χ4v) is 3.63. The second-order valence-electron chi connectivity index (χ2n) is 8.19. The number of hydrogen-bond donors (Lipinski definition) is 2. The second kappa shape index (κ2) is 14.3. The van der Waals surface area contributed by atoms with Crippen molar-refractivity contribution in [3.8, 4) is 0 Å². The Hall–Kier alpha value is -2.32. The molecule has 0 amide bonds. The molecule has 2 fully saturated rings. The Morgan fingerprint density at radius 2 is 1.49 bits per heavy atom. The standard InChI is InChI=1S/C17H28N2O2.2C2HF3O2/c1-18(16-6-11-20-12-7-16)13-15-4-8-19(9-5-15)14-17-3-2-10-21-17;2*3-2(4,5)1(6)7/h2-3,10,15-16H,4-9,11-14H2,1H3;2*(H,6,7). The molecule has 35 heavy (non-hydrogen) atoms. The van der Waals surface area contributed by atoms with E-state index in [1.807, 2.05) is 6.07 Å². The van der Waals surface area contributed by atoms with Crippen LogP contribution in [-0.4, -0.2) is 90.2 Å². The van der Waals surface area contributed by atoms with Crippen LogP contribution < -0.4 is 0 Å². The van der Waals surface area contributed by atoms with E-state index in [0.29, 0.717) is 0 Å². The van der Waals surface area contributed by atoms with Crippen LogP contribution in [0.25, 0.3) is 0 Å². The summed E-state index contributed by atoms with van der Waals surface area (Å²) in [5.41, 5.74) is 0. The minimum atomic E-state index is -5.08. The SMILES string of the molecule is CN(CC1CCN(Cc2ccco2)CC1)C1CCOCC1.O=C(O)C(F)(F)F.O=C(O)C(F)(F)F.